The molecule has 2 N–H and O–H groups in total. The van der Waals surface area contributed by atoms with Crippen LogP contribution in [0.15, 0.2) is 18.2 Å². The molecule has 0 bridgehead atoms. The number of nitrogens with zero attached hydrogens (tertiary/aromatic N) is 1. The molecule has 1 fully saturated rings. The molecule has 0 aliphatic heterocycles. The molecule has 1 aromatic carbocycles. The number of benzene rings is 1. The van der Waals surface area contributed by atoms with Crippen molar-refractivity contribution in [2.75, 3.05) is 19.6 Å². The fourth-order valence-electron chi connectivity index (χ4n) is 2.78. The lowest BCUT2D eigenvalue weighted by atomic mass is 9.99. The van der Waals surface area contributed by atoms with Gasteiger partial charge in [0.2, 0.25) is 0 Å². The van der Waals surface area contributed by atoms with Crippen molar-refractivity contribution in [1.82, 2.24) is 4.90 Å². The maximum Gasteiger partial charge on any atom is 0.0473 e. The summed E-state index contributed by atoms with van der Waals surface area (Å²) >= 11 is 6.06. The van der Waals surface area contributed by atoms with E-state index in [9.17, 15) is 0 Å². The highest BCUT2D eigenvalue weighted by atomic mass is 35.5. The van der Waals surface area contributed by atoms with E-state index in [0.717, 1.165) is 17.5 Å². The van der Waals surface area contributed by atoms with E-state index in [1.54, 1.807) is 0 Å². The number of rotatable bonds is 7. The van der Waals surface area contributed by atoms with Crippen LogP contribution in [0.4, 0.5) is 0 Å². The molecule has 1 aliphatic rings. The highest BCUT2D eigenvalue weighted by Crippen LogP contribution is 2.33. The van der Waals surface area contributed by atoms with Crippen molar-refractivity contribution in [3.8, 4) is 0 Å². The van der Waals surface area contributed by atoms with E-state index in [4.69, 9.17) is 17.3 Å². The predicted octanol–water partition coefficient (Wildman–Crippen LogP) is 3.77. The van der Waals surface area contributed by atoms with Gasteiger partial charge in [-0.15, -0.1) is 0 Å². The maximum absolute atomic E-state index is 6.06. The van der Waals surface area contributed by atoms with Crippen LogP contribution in [0.3, 0.4) is 0 Å². The Morgan fingerprint density at radius 3 is 2.68 bits per heavy atom. The van der Waals surface area contributed by atoms with Gasteiger partial charge in [-0.25, -0.2) is 0 Å². The zero-order chi connectivity index (χ0) is 13.8. The molecule has 0 spiro atoms. The molecule has 2 nitrogen and oxygen atoms in total. The van der Waals surface area contributed by atoms with Gasteiger partial charge in [0.05, 0.1) is 0 Å². The van der Waals surface area contributed by atoms with Crippen molar-refractivity contribution in [1.29, 1.82) is 0 Å². The molecular formula is C16H25ClN2. The molecule has 1 aliphatic carbocycles. The first-order valence-corrected chi connectivity index (χ1v) is 7.73. The Hall–Kier alpha value is -0.570. The van der Waals surface area contributed by atoms with Gasteiger partial charge < -0.3 is 5.73 Å². The summed E-state index contributed by atoms with van der Waals surface area (Å²) in [4.78, 5) is 2.56. The minimum absolute atomic E-state index is 0.331. The third-order valence-corrected chi connectivity index (χ3v) is 4.19. The SMILES string of the molecule is CCCN(CC1CC1)C(CN)c1ccc(Cl)cc1C. The van der Waals surface area contributed by atoms with Gasteiger partial charge in [-0.05, 0) is 61.9 Å². The number of halogens is 1. The molecule has 1 aromatic rings. The third kappa shape index (κ3) is 3.95. The lowest BCUT2D eigenvalue weighted by molar-refractivity contribution is 0.193. The van der Waals surface area contributed by atoms with E-state index < -0.39 is 0 Å². The highest BCUT2D eigenvalue weighted by molar-refractivity contribution is 6.30. The zero-order valence-corrected chi connectivity index (χ0v) is 12.8. The van der Waals surface area contributed by atoms with Crippen LogP contribution < -0.4 is 5.73 Å². The second-order valence-electron chi connectivity index (χ2n) is 5.69. The molecule has 1 atom stereocenters. The van der Waals surface area contributed by atoms with Crippen LogP contribution in [0.1, 0.15) is 43.4 Å². The largest absolute Gasteiger partial charge is 0.329 e. The van der Waals surface area contributed by atoms with Crippen LogP contribution in [-0.2, 0) is 0 Å². The smallest absolute Gasteiger partial charge is 0.0473 e. The number of aryl methyl sites for hydroxylation is 1. The fraction of sp³-hybridized carbons (Fsp3) is 0.625. The van der Waals surface area contributed by atoms with Crippen LogP contribution in [0.5, 0.6) is 0 Å². The lowest BCUT2D eigenvalue weighted by Crippen LogP contribution is -2.36. The van der Waals surface area contributed by atoms with E-state index in [-0.39, 0.29) is 0 Å². The van der Waals surface area contributed by atoms with Gasteiger partial charge in [0.25, 0.3) is 0 Å². The second-order valence-corrected chi connectivity index (χ2v) is 6.13. The standard InChI is InChI=1S/C16H25ClN2/c1-3-8-19(11-13-4-5-13)16(10-18)15-7-6-14(17)9-12(15)2/h6-7,9,13,16H,3-5,8,10-11,18H2,1-2H3. The monoisotopic (exact) mass is 280 g/mol. The van der Waals surface area contributed by atoms with Crippen LogP contribution in [0, 0.1) is 12.8 Å². The summed E-state index contributed by atoms with van der Waals surface area (Å²) in [6.45, 7) is 7.36. The normalized spacial score (nSPS) is 16.9. The molecule has 0 saturated heterocycles. The molecule has 0 amide bonds. The summed E-state index contributed by atoms with van der Waals surface area (Å²) in [5.41, 5.74) is 8.65. The van der Waals surface area contributed by atoms with Crippen molar-refractivity contribution >= 4 is 11.6 Å². The number of nitrogens with two attached hydrogens (primary N) is 1. The Labute approximate surface area is 121 Å². The summed E-state index contributed by atoms with van der Waals surface area (Å²) in [5, 5.41) is 0.807. The van der Waals surface area contributed by atoms with Crippen LogP contribution in [0.2, 0.25) is 5.02 Å². The molecule has 1 saturated carbocycles. The van der Waals surface area contributed by atoms with Crippen molar-refractivity contribution in [3.63, 3.8) is 0 Å². The van der Waals surface area contributed by atoms with Gasteiger partial charge in [0, 0.05) is 24.2 Å². The molecule has 0 heterocycles. The van der Waals surface area contributed by atoms with E-state index in [1.807, 2.05) is 12.1 Å². The first-order chi connectivity index (χ1) is 9.15. The summed E-state index contributed by atoms with van der Waals surface area (Å²) in [6.07, 6.45) is 3.95. The Morgan fingerprint density at radius 2 is 2.16 bits per heavy atom. The van der Waals surface area contributed by atoms with Crippen molar-refractivity contribution < 1.29 is 0 Å². The van der Waals surface area contributed by atoms with Gasteiger partial charge in [0.15, 0.2) is 0 Å². The van der Waals surface area contributed by atoms with Gasteiger partial charge in [0.1, 0.15) is 0 Å². The van der Waals surface area contributed by atoms with E-state index in [1.165, 1.54) is 36.9 Å². The first kappa shape index (κ1) is 14.8. The molecule has 0 aromatic heterocycles. The topological polar surface area (TPSA) is 29.3 Å². The minimum Gasteiger partial charge on any atom is -0.329 e. The molecule has 106 valence electrons. The van der Waals surface area contributed by atoms with E-state index >= 15 is 0 Å². The van der Waals surface area contributed by atoms with Gasteiger partial charge >= 0.3 is 0 Å². The Balaban J connectivity index is 2.19. The number of hydrogen-bond donors (Lipinski definition) is 1. The van der Waals surface area contributed by atoms with Crippen molar-refractivity contribution in [2.24, 2.45) is 11.7 Å². The molecule has 0 radical (unpaired) electrons. The molecule has 3 heteroatoms. The van der Waals surface area contributed by atoms with Gasteiger partial charge in [-0.3, -0.25) is 4.90 Å². The lowest BCUT2D eigenvalue weighted by Gasteiger charge is -2.32. The summed E-state index contributed by atoms with van der Waals surface area (Å²) in [7, 11) is 0. The molecule has 2 rings (SSSR count). The Bertz CT molecular complexity index is 415. The minimum atomic E-state index is 0.331. The zero-order valence-electron chi connectivity index (χ0n) is 12.0. The Morgan fingerprint density at radius 1 is 1.42 bits per heavy atom. The number of hydrogen-bond acceptors (Lipinski definition) is 2. The first-order valence-electron chi connectivity index (χ1n) is 7.35. The maximum atomic E-state index is 6.06. The highest BCUT2D eigenvalue weighted by Gasteiger charge is 2.28. The average molecular weight is 281 g/mol. The molecular weight excluding hydrogens is 256 g/mol. The van der Waals surface area contributed by atoms with Crippen molar-refractivity contribution in [2.45, 2.75) is 39.2 Å². The fourth-order valence-corrected chi connectivity index (χ4v) is 3.01. The Kier molecular flexibility index (Phi) is 5.26. The van der Waals surface area contributed by atoms with Crippen LogP contribution in [0.25, 0.3) is 0 Å². The van der Waals surface area contributed by atoms with E-state index in [0.29, 0.717) is 12.6 Å². The second kappa shape index (κ2) is 6.74. The summed E-state index contributed by atoms with van der Waals surface area (Å²) in [5.74, 6) is 0.896. The molecule has 19 heavy (non-hydrogen) atoms. The van der Waals surface area contributed by atoms with Crippen LogP contribution >= 0.6 is 11.6 Å². The third-order valence-electron chi connectivity index (χ3n) is 3.96. The van der Waals surface area contributed by atoms with E-state index in [2.05, 4.69) is 24.8 Å². The predicted molar refractivity (Wildman–Crippen MR) is 82.6 cm³/mol. The van der Waals surface area contributed by atoms with Crippen LogP contribution in [-0.4, -0.2) is 24.5 Å². The quantitative estimate of drug-likeness (QED) is 0.824. The molecule has 1 unspecified atom stereocenters. The summed E-state index contributed by atoms with van der Waals surface area (Å²) < 4.78 is 0. The van der Waals surface area contributed by atoms with Crippen molar-refractivity contribution in [3.05, 3.63) is 34.3 Å². The van der Waals surface area contributed by atoms with Gasteiger partial charge in [-0.2, -0.15) is 0 Å². The average Bonchev–Trinajstić information content (AvgIpc) is 3.17. The van der Waals surface area contributed by atoms with Gasteiger partial charge in [-0.1, -0.05) is 24.6 Å². The summed E-state index contributed by atoms with van der Waals surface area (Å²) in [6, 6.07) is 6.50.